The van der Waals surface area contributed by atoms with Crippen LogP contribution in [-0.4, -0.2) is 25.6 Å². The first-order valence-electron chi connectivity index (χ1n) is 3.74. The van der Waals surface area contributed by atoms with Gasteiger partial charge in [-0.15, -0.1) is 0 Å². The summed E-state index contributed by atoms with van der Waals surface area (Å²) in [4.78, 5) is 10.6. The summed E-state index contributed by atoms with van der Waals surface area (Å²) >= 11 is 0. The van der Waals surface area contributed by atoms with Crippen molar-refractivity contribution in [1.82, 2.24) is 0 Å². The van der Waals surface area contributed by atoms with Crippen LogP contribution in [0, 0.1) is 5.82 Å². The van der Waals surface area contributed by atoms with Gasteiger partial charge in [0.15, 0.2) is 29.4 Å². The summed E-state index contributed by atoms with van der Waals surface area (Å²) in [5.41, 5.74) is -0.260. The second-order valence-electron chi connectivity index (χ2n) is 2.47. The number of carbonyl (C=O) groups excluding carboxylic acids is 1. The van der Waals surface area contributed by atoms with Gasteiger partial charge >= 0.3 is 0 Å². The van der Waals surface area contributed by atoms with Crippen molar-refractivity contribution in [2.24, 2.45) is 0 Å². The molecule has 0 atom stereocenters. The van der Waals surface area contributed by atoms with Gasteiger partial charge in [-0.1, -0.05) is 0 Å². The number of phenolic OH excluding ortho intramolecular Hbond substituents is 1. The van der Waals surface area contributed by atoms with E-state index in [1.54, 1.807) is 0 Å². The van der Waals surface area contributed by atoms with Gasteiger partial charge in [-0.3, -0.25) is 4.79 Å². The fraction of sp³-hybridized carbons (Fsp3) is 0.222. The summed E-state index contributed by atoms with van der Waals surface area (Å²) in [7, 11) is 2.60. The minimum absolute atomic E-state index is 0.0152. The summed E-state index contributed by atoms with van der Waals surface area (Å²) in [6, 6.07) is 0.946. The second-order valence-corrected chi connectivity index (χ2v) is 2.47. The Labute approximate surface area is 79.9 Å². The summed E-state index contributed by atoms with van der Waals surface area (Å²) in [5, 5.41) is 9.19. The molecule has 0 spiro atoms. The van der Waals surface area contributed by atoms with Gasteiger partial charge in [-0.05, 0) is 0 Å². The smallest absolute Gasteiger partial charge is 0.175 e. The standard InChI is InChI=1S/C9H9FO4/c1-13-7-3-6(10)8(12)5(4-11)9(7)14-2/h3-4,12H,1-2H3. The summed E-state index contributed by atoms with van der Waals surface area (Å²) in [5.74, 6) is -1.59. The molecule has 1 aromatic rings. The maximum absolute atomic E-state index is 13.0. The lowest BCUT2D eigenvalue weighted by atomic mass is 10.1. The quantitative estimate of drug-likeness (QED) is 0.748. The molecule has 14 heavy (non-hydrogen) atoms. The number of aldehydes is 1. The second kappa shape index (κ2) is 3.95. The van der Waals surface area contributed by atoms with E-state index >= 15 is 0 Å². The molecule has 1 aromatic carbocycles. The number of hydrogen-bond donors (Lipinski definition) is 1. The molecular weight excluding hydrogens is 191 g/mol. The van der Waals surface area contributed by atoms with Crippen LogP contribution in [0.25, 0.3) is 0 Å². The molecule has 0 saturated heterocycles. The van der Waals surface area contributed by atoms with Crippen molar-refractivity contribution < 1.29 is 23.8 Å². The van der Waals surface area contributed by atoms with Gasteiger partial charge in [0.1, 0.15) is 5.56 Å². The highest BCUT2D eigenvalue weighted by Gasteiger charge is 2.18. The van der Waals surface area contributed by atoms with Gasteiger partial charge in [-0.2, -0.15) is 0 Å². The molecule has 0 bridgehead atoms. The molecule has 1 rings (SSSR count). The fourth-order valence-corrected chi connectivity index (χ4v) is 1.09. The summed E-state index contributed by atoms with van der Waals surface area (Å²) in [6.07, 6.45) is 0.305. The SMILES string of the molecule is COc1cc(F)c(O)c(C=O)c1OC. The molecule has 1 N–H and O–H groups in total. The van der Waals surface area contributed by atoms with Gasteiger partial charge in [0, 0.05) is 6.07 Å². The van der Waals surface area contributed by atoms with Crippen LogP contribution < -0.4 is 9.47 Å². The zero-order valence-corrected chi connectivity index (χ0v) is 7.70. The molecule has 0 aromatic heterocycles. The van der Waals surface area contributed by atoms with E-state index in [0.29, 0.717) is 6.29 Å². The highest BCUT2D eigenvalue weighted by atomic mass is 19.1. The fourth-order valence-electron chi connectivity index (χ4n) is 1.09. The van der Waals surface area contributed by atoms with Crippen LogP contribution in [-0.2, 0) is 0 Å². The maximum atomic E-state index is 13.0. The van der Waals surface area contributed by atoms with Crippen LogP contribution in [0.5, 0.6) is 17.2 Å². The first-order chi connectivity index (χ1) is 6.65. The van der Waals surface area contributed by atoms with Crippen molar-refractivity contribution in [2.45, 2.75) is 0 Å². The average molecular weight is 200 g/mol. The van der Waals surface area contributed by atoms with E-state index in [9.17, 15) is 14.3 Å². The van der Waals surface area contributed by atoms with Crippen LogP contribution in [0.3, 0.4) is 0 Å². The molecule has 5 heteroatoms. The van der Waals surface area contributed by atoms with Crippen molar-refractivity contribution in [3.8, 4) is 17.2 Å². The molecule has 0 saturated carbocycles. The third kappa shape index (κ3) is 1.48. The van der Waals surface area contributed by atoms with Crippen molar-refractivity contribution >= 4 is 6.29 Å². The lowest BCUT2D eigenvalue weighted by molar-refractivity contribution is 0.111. The number of benzene rings is 1. The van der Waals surface area contributed by atoms with Crippen molar-refractivity contribution in [3.05, 3.63) is 17.4 Å². The number of phenols is 1. The predicted octanol–water partition coefficient (Wildman–Crippen LogP) is 1.36. The van der Waals surface area contributed by atoms with Gasteiger partial charge in [0.05, 0.1) is 14.2 Å². The largest absolute Gasteiger partial charge is 0.504 e. The maximum Gasteiger partial charge on any atom is 0.175 e. The summed E-state index contributed by atoms with van der Waals surface area (Å²) < 4.78 is 22.6. The highest BCUT2D eigenvalue weighted by Crippen LogP contribution is 2.37. The lowest BCUT2D eigenvalue weighted by Gasteiger charge is -2.10. The van der Waals surface area contributed by atoms with Gasteiger partial charge in [0.25, 0.3) is 0 Å². The van der Waals surface area contributed by atoms with E-state index in [0.717, 1.165) is 6.07 Å². The highest BCUT2D eigenvalue weighted by molar-refractivity contribution is 5.85. The molecule has 0 aliphatic heterocycles. The number of ether oxygens (including phenoxy) is 2. The predicted molar refractivity (Wildman–Crippen MR) is 46.6 cm³/mol. The lowest BCUT2D eigenvalue weighted by Crippen LogP contribution is -1.97. The van der Waals surface area contributed by atoms with E-state index in [2.05, 4.69) is 0 Å². The Morgan fingerprint density at radius 2 is 2.07 bits per heavy atom. The van der Waals surface area contributed by atoms with E-state index in [1.165, 1.54) is 14.2 Å². The van der Waals surface area contributed by atoms with E-state index in [4.69, 9.17) is 9.47 Å². The van der Waals surface area contributed by atoms with Crippen LogP contribution in [0.15, 0.2) is 6.07 Å². The zero-order chi connectivity index (χ0) is 10.7. The van der Waals surface area contributed by atoms with E-state index in [1.807, 2.05) is 0 Å². The molecular formula is C9H9FO4. The molecule has 76 valence electrons. The number of methoxy groups -OCH3 is 2. The number of hydrogen-bond acceptors (Lipinski definition) is 4. The normalized spacial score (nSPS) is 9.64. The third-order valence-corrected chi connectivity index (χ3v) is 1.75. The first-order valence-corrected chi connectivity index (χ1v) is 3.74. The zero-order valence-electron chi connectivity index (χ0n) is 7.70. The van der Waals surface area contributed by atoms with Crippen LogP contribution in [0.2, 0.25) is 0 Å². The Bertz CT molecular complexity index is 362. The van der Waals surface area contributed by atoms with E-state index in [-0.39, 0.29) is 17.1 Å². The number of rotatable bonds is 3. The van der Waals surface area contributed by atoms with Crippen LogP contribution in [0.1, 0.15) is 10.4 Å². The molecule has 0 fully saturated rings. The number of aromatic hydroxyl groups is 1. The average Bonchev–Trinajstić information content (AvgIpc) is 2.20. The van der Waals surface area contributed by atoms with Gasteiger partial charge in [-0.25, -0.2) is 4.39 Å². The monoisotopic (exact) mass is 200 g/mol. The Balaban J connectivity index is 3.49. The topological polar surface area (TPSA) is 55.8 Å². The Morgan fingerprint density at radius 3 is 2.50 bits per heavy atom. The number of carbonyl (C=O) groups is 1. The van der Waals surface area contributed by atoms with Crippen molar-refractivity contribution in [3.63, 3.8) is 0 Å². The van der Waals surface area contributed by atoms with Crippen LogP contribution >= 0.6 is 0 Å². The Kier molecular flexibility index (Phi) is 2.91. The Hall–Kier alpha value is -1.78. The molecule has 0 unspecified atom stereocenters. The third-order valence-electron chi connectivity index (χ3n) is 1.75. The molecule has 0 heterocycles. The van der Waals surface area contributed by atoms with Crippen molar-refractivity contribution in [2.75, 3.05) is 14.2 Å². The first kappa shape index (κ1) is 10.3. The molecule has 4 nitrogen and oxygen atoms in total. The Morgan fingerprint density at radius 1 is 1.43 bits per heavy atom. The molecule has 0 aliphatic carbocycles. The number of halogens is 1. The minimum Gasteiger partial charge on any atom is -0.504 e. The minimum atomic E-state index is -0.926. The molecule has 0 aliphatic rings. The van der Waals surface area contributed by atoms with Gasteiger partial charge < -0.3 is 14.6 Å². The molecule has 0 amide bonds. The van der Waals surface area contributed by atoms with E-state index < -0.39 is 11.6 Å². The van der Waals surface area contributed by atoms with Crippen LogP contribution in [0.4, 0.5) is 4.39 Å². The summed E-state index contributed by atoms with van der Waals surface area (Å²) in [6.45, 7) is 0. The molecule has 0 radical (unpaired) electrons. The van der Waals surface area contributed by atoms with Crippen molar-refractivity contribution in [1.29, 1.82) is 0 Å². The van der Waals surface area contributed by atoms with Gasteiger partial charge in [0.2, 0.25) is 0 Å².